The highest BCUT2D eigenvalue weighted by molar-refractivity contribution is 7.13. The Balaban J connectivity index is 0.00000242. The number of nitrogens with one attached hydrogen (secondary N) is 2. The van der Waals surface area contributed by atoms with Crippen LogP contribution in [0.1, 0.15) is 12.6 Å². The molecular weight excluding hydrogens is 360 g/mol. The third-order valence-electron chi connectivity index (χ3n) is 2.84. The Morgan fingerprint density at radius 3 is 2.78 bits per heavy atom. The molecule has 2 aromatic rings. The molecule has 23 heavy (non-hydrogen) atoms. The third-order valence-corrected chi connectivity index (χ3v) is 3.78. The van der Waals surface area contributed by atoms with Gasteiger partial charge in [0.25, 0.3) is 0 Å². The lowest BCUT2D eigenvalue weighted by atomic mass is 10.2. The standard InChI is InChI=1S/C15H18FN3OS.2ClH/c1-2-17-6-7-18-14(20)9-13-10-21-15(19-13)11-4-3-5-12(16)8-11;;/h3-5,8,10,17H,2,6-7,9H2,1H3,(H,18,20);2*1H. The van der Waals surface area contributed by atoms with Crippen LogP contribution in [0, 0.1) is 5.82 Å². The summed E-state index contributed by atoms with van der Waals surface area (Å²) in [7, 11) is 0. The third kappa shape index (κ3) is 7.26. The zero-order chi connectivity index (χ0) is 15.1. The summed E-state index contributed by atoms with van der Waals surface area (Å²) >= 11 is 1.42. The number of nitrogens with zero attached hydrogens (tertiary/aromatic N) is 1. The minimum atomic E-state index is -0.287. The van der Waals surface area contributed by atoms with E-state index in [1.165, 1.54) is 23.5 Å². The van der Waals surface area contributed by atoms with Gasteiger partial charge in [0.2, 0.25) is 5.91 Å². The topological polar surface area (TPSA) is 54.0 Å². The van der Waals surface area contributed by atoms with E-state index < -0.39 is 0 Å². The van der Waals surface area contributed by atoms with Crippen LogP contribution in [0.15, 0.2) is 29.6 Å². The highest BCUT2D eigenvalue weighted by Gasteiger charge is 2.09. The monoisotopic (exact) mass is 379 g/mol. The normalized spacial score (nSPS) is 9.65. The average Bonchev–Trinajstić information content (AvgIpc) is 2.92. The van der Waals surface area contributed by atoms with E-state index in [1.54, 1.807) is 6.07 Å². The number of rotatable bonds is 7. The Bertz CT molecular complexity index is 610. The fourth-order valence-electron chi connectivity index (χ4n) is 1.84. The average molecular weight is 380 g/mol. The maximum Gasteiger partial charge on any atom is 0.226 e. The quantitative estimate of drug-likeness (QED) is 0.726. The zero-order valence-corrected chi connectivity index (χ0v) is 15.1. The van der Waals surface area contributed by atoms with Gasteiger partial charge < -0.3 is 10.6 Å². The molecule has 2 rings (SSSR count). The van der Waals surface area contributed by atoms with Gasteiger partial charge in [-0.15, -0.1) is 36.2 Å². The summed E-state index contributed by atoms with van der Waals surface area (Å²) in [5, 5.41) is 8.53. The number of amides is 1. The first-order chi connectivity index (χ1) is 10.2. The summed E-state index contributed by atoms with van der Waals surface area (Å²) in [5.74, 6) is -0.339. The highest BCUT2D eigenvalue weighted by atomic mass is 35.5. The predicted molar refractivity (Wildman–Crippen MR) is 97.3 cm³/mol. The molecule has 0 saturated carbocycles. The second-order valence-corrected chi connectivity index (χ2v) is 5.39. The van der Waals surface area contributed by atoms with Gasteiger partial charge in [0.1, 0.15) is 10.8 Å². The second kappa shape index (κ2) is 11.3. The number of hydrogen-bond acceptors (Lipinski definition) is 4. The molecule has 0 fully saturated rings. The van der Waals surface area contributed by atoms with Crippen molar-refractivity contribution in [2.24, 2.45) is 0 Å². The minimum absolute atomic E-state index is 0. The van der Waals surface area contributed by atoms with Gasteiger partial charge in [-0.25, -0.2) is 9.37 Å². The van der Waals surface area contributed by atoms with Gasteiger partial charge >= 0.3 is 0 Å². The van der Waals surface area contributed by atoms with Crippen LogP contribution in [0.4, 0.5) is 4.39 Å². The molecule has 1 heterocycles. The van der Waals surface area contributed by atoms with Crippen LogP contribution in [-0.2, 0) is 11.2 Å². The predicted octanol–water partition coefficient (Wildman–Crippen LogP) is 3.06. The molecule has 0 radical (unpaired) electrons. The molecule has 0 spiro atoms. The van der Waals surface area contributed by atoms with E-state index >= 15 is 0 Å². The molecule has 128 valence electrons. The van der Waals surface area contributed by atoms with Crippen molar-refractivity contribution in [2.45, 2.75) is 13.3 Å². The molecule has 0 aliphatic heterocycles. The molecular formula is C15H20Cl2FN3OS. The molecule has 0 atom stereocenters. The molecule has 1 aromatic heterocycles. The molecule has 0 bridgehead atoms. The number of benzene rings is 1. The first kappa shape index (κ1) is 21.8. The number of carbonyl (C=O) groups is 1. The molecule has 0 aliphatic rings. The first-order valence-corrected chi connectivity index (χ1v) is 7.74. The summed E-state index contributed by atoms with van der Waals surface area (Å²) in [5.41, 5.74) is 1.44. The number of halogens is 3. The van der Waals surface area contributed by atoms with Gasteiger partial charge in [-0.3, -0.25) is 4.79 Å². The molecule has 1 amide bonds. The molecule has 8 heteroatoms. The minimum Gasteiger partial charge on any atom is -0.354 e. The summed E-state index contributed by atoms with van der Waals surface area (Å²) < 4.78 is 13.2. The maximum atomic E-state index is 13.2. The van der Waals surface area contributed by atoms with Crippen molar-refractivity contribution in [3.63, 3.8) is 0 Å². The Morgan fingerprint density at radius 1 is 1.30 bits per heavy atom. The van der Waals surface area contributed by atoms with Crippen LogP contribution in [0.25, 0.3) is 10.6 Å². The smallest absolute Gasteiger partial charge is 0.226 e. The van der Waals surface area contributed by atoms with Crippen LogP contribution in [0.5, 0.6) is 0 Å². The Hall–Kier alpha value is -1.21. The molecule has 0 unspecified atom stereocenters. The number of aromatic nitrogens is 1. The summed E-state index contributed by atoms with van der Waals surface area (Å²) in [6.07, 6.45) is 0.248. The summed E-state index contributed by atoms with van der Waals surface area (Å²) in [4.78, 5) is 16.1. The van der Waals surface area contributed by atoms with Crippen LogP contribution < -0.4 is 10.6 Å². The van der Waals surface area contributed by atoms with Gasteiger partial charge in [0, 0.05) is 24.0 Å². The van der Waals surface area contributed by atoms with E-state index in [2.05, 4.69) is 15.6 Å². The van der Waals surface area contributed by atoms with Crippen molar-refractivity contribution in [2.75, 3.05) is 19.6 Å². The fourth-order valence-corrected chi connectivity index (χ4v) is 2.65. The number of hydrogen-bond donors (Lipinski definition) is 2. The summed E-state index contributed by atoms with van der Waals surface area (Å²) in [6, 6.07) is 6.30. The largest absolute Gasteiger partial charge is 0.354 e. The van der Waals surface area contributed by atoms with Crippen molar-refractivity contribution in [3.8, 4) is 10.6 Å². The zero-order valence-electron chi connectivity index (χ0n) is 12.7. The lowest BCUT2D eigenvalue weighted by molar-refractivity contribution is -0.120. The molecule has 0 saturated heterocycles. The summed E-state index contributed by atoms with van der Waals surface area (Å²) in [6.45, 7) is 4.27. The van der Waals surface area contributed by atoms with E-state index in [1.807, 2.05) is 18.4 Å². The van der Waals surface area contributed by atoms with Gasteiger partial charge in [0.05, 0.1) is 12.1 Å². The maximum absolute atomic E-state index is 13.2. The molecule has 4 nitrogen and oxygen atoms in total. The fraction of sp³-hybridized carbons (Fsp3) is 0.333. The highest BCUT2D eigenvalue weighted by Crippen LogP contribution is 2.24. The van der Waals surface area contributed by atoms with Crippen LogP contribution >= 0.6 is 36.2 Å². The molecule has 1 aromatic carbocycles. The lowest BCUT2D eigenvalue weighted by Gasteiger charge is -2.04. The lowest BCUT2D eigenvalue weighted by Crippen LogP contribution is -2.32. The second-order valence-electron chi connectivity index (χ2n) is 4.53. The number of thiazole rings is 1. The molecule has 0 aliphatic carbocycles. The van der Waals surface area contributed by atoms with Crippen molar-refractivity contribution in [3.05, 3.63) is 41.2 Å². The van der Waals surface area contributed by atoms with E-state index in [9.17, 15) is 9.18 Å². The Kier molecular flexibility index (Phi) is 10.7. The van der Waals surface area contributed by atoms with E-state index in [4.69, 9.17) is 0 Å². The van der Waals surface area contributed by atoms with Crippen molar-refractivity contribution in [1.82, 2.24) is 15.6 Å². The van der Waals surface area contributed by atoms with Crippen LogP contribution in [0.2, 0.25) is 0 Å². The van der Waals surface area contributed by atoms with Gasteiger partial charge in [-0.2, -0.15) is 0 Å². The first-order valence-electron chi connectivity index (χ1n) is 6.87. The van der Waals surface area contributed by atoms with Crippen LogP contribution in [-0.4, -0.2) is 30.5 Å². The molecule has 2 N–H and O–H groups in total. The van der Waals surface area contributed by atoms with E-state index in [0.717, 1.165) is 23.7 Å². The van der Waals surface area contributed by atoms with E-state index in [-0.39, 0.29) is 43.0 Å². The van der Waals surface area contributed by atoms with Gasteiger partial charge in [-0.05, 0) is 18.7 Å². The number of carbonyl (C=O) groups excluding carboxylic acids is 1. The van der Waals surface area contributed by atoms with Gasteiger partial charge in [0.15, 0.2) is 0 Å². The van der Waals surface area contributed by atoms with Crippen LogP contribution in [0.3, 0.4) is 0 Å². The Morgan fingerprint density at radius 2 is 2.09 bits per heavy atom. The van der Waals surface area contributed by atoms with Gasteiger partial charge in [-0.1, -0.05) is 19.1 Å². The van der Waals surface area contributed by atoms with E-state index in [0.29, 0.717) is 12.2 Å². The Labute approximate surface area is 151 Å². The van der Waals surface area contributed by atoms with Crippen molar-refractivity contribution >= 4 is 42.1 Å². The van der Waals surface area contributed by atoms with Crippen molar-refractivity contribution in [1.29, 1.82) is 0 Å². The number of likely N-dealkylation sites (N-methyl/N-ethyl adjacent to an activating group) is 1. The SMILES string of the molecule is CCNCCNC(=O)Cc1csc(-c2cccc(F)c2)n1.Cl.Cl. The van der Waals surface area contributed by atoms with Crippen molar-refractivity contribution < 1.29 is 9.18 Å².